The maximum atomic E-state index is 4.51. The normalized spacial score (nSPS) is 21.0. The van der Waals surface area contributed by atoms with Gasteiger partial charge < -0.3 is 5.32 Å². The van der Waals surface area contributed by atoms with Gasteiger partial charge in [0.2, 0.25) is 0 Å². The summed E-state index contributed by atoms with van der Waals surface area (Å²) in [4.78, 5) is 4.51. The van der Waals surface area contributed by atoms with Crippen molar-refractivity contribution in [2.75, 3.05) is 5.32 Å². The van der Waals surface area contributed by atoms with Crippen molar-refractivity contribution in [2.45, 2.75) is 24.8 Å². The van der Waals surface area contributed by atoms with Crippen molar-refractivity contribution in [3.63, 3.8) is 0 Å². The highest BCUT2D eigenvalue weighted by atomic mass is 15.0. The quantitative estimate of drug-likeness (QED) is 0.755. The lowest BCUT2D eigenvalue weighted by Gasteiger charge is -2.37. The van der Waals surface area contributed by atoms with E-state index in [1.807, 2.05) is 12.3 Å². The zero-order chi connectivity index (χ0) is 14.1. The van der Waals surface area contributed by atoms with Crippen LogP contribution in [0.5, 0.6) is 0 Å². The third kappa shape index (κ3) is 2.38. The molecule has 2 heteroatoms. The topological polar surface area (TPSA) is 24.9 Å². The van der Waals surface area contributed by atoms with E-state index < -0.39 is 0 Å². The highest BCUT2D eigenvalue weighted by Gasteiger charge is 2.30. The Hall–Kier alpha value is -2.35. The molecule has 3 aromatic rings. The Morgan fingerprint density at radius 2 is 1.67 bits per heavy atom. The predicted molar refractivity (Wildman–Crippen MR) is 87.6 cm³/mol. The minimum absolute atomic E-state index is 0.558. The van der Waals surface area contributed by atoms with E-state index >= 15 is 0 Å². The van der Waals surface area contributed by atoms with Gasteiger partial charge in [0.05, 0.1) is 11.2 Å². The molecule has 0 unspecified atom stereocenters. The number of anilines is 1. The van der Waals surface area contributed by atoms with Gasteiger partial charge in [-0.1, -0.05) is 48.5 Å². The van der Waals surface area contributed by atoms with Gasteiger partial charge in [-0.25, -0.2) is 0 Å². The number of hydrogen-bond donors (Lipinski definition) is 1. The summed E-state index contributed by atoms with van der Waals surface area (Å²) in [6, 6.07) is 21.8. The average molecular weight is 274 g/mol. The van der Waals surface area contributed by atoms with E-state index in [1.165, 1.54) is 23.8 Å². The number of nitrogens with one attached hydrogen (secondary N) is 1. The summed E-state index contributed by atoms with van der Waals surface area (Å²) in [5.74, 6) is 0.701. The van der Waals surface area contributed by atoms with Crippen LogP contribution in [-0.4, -0.2) is 11.0 Å². The van der Waals surface area contributed by atoms with Crippen LogP contribution in [0.15, 0.2) is 66.9 Å². The third-order valence-corrected chi connectivity index (χ3v) is 4.40. The molecule has 1 aliphatic rings. The lowest BCUT2D eigenvalue weighted by molar-refractivity contribution is 0.374. The van der Waals surface area contributed by atoms with Crippen molar-refractivity contribution in [3.8, 4) is 0 Å². The second-order valence-corrected chi connectivity index (χ2v) is 5.80. The molecule has 0 spiro atoms. The van der Waals surface area contributed by atoms with Gasteiger partial charge in [0.25, 0.3) is 0 Å². The Morgan fingerprint density at radius 3 is 2.52 bits per heavy atom. The second-order valence-electron chi connectivity index (χ2n) is 5.80. The van der Waals surface area contributed by atoms with Gasteiger partial charge in [-0.3, -0.25) is 4.98 Å². The lowest BCUT2D eigenvalue weighted by Crippen LogP contribution is -2.34. The maximum Gasteiger partial charge on any atom is 0.0933 e. The molecule has 1 N–H and O–H groups in total. The second kappa shape index (κ2) is 5.21. The van der Waals surface area contributed by atoms with Crippen LogP contribution in [0.3, 0.4) is 0 Å². The van der Waals surface area contributed by atoms with Crippen LogP contribution >= 0.6 is 0 Å². The Balaban J connectivity index is 1.48. The van der Waals surface area contributed by atoms with Crippen molar-refractivity contribution >= 4 is 16.6 Å². The summed E-state index contributed by atoms with van der Waals surface area (Å²) >= 11 is 0. The molecule has 1 aromatic heterocycles. The summed E-state index contributed by atoms with van der Waals surface area (Å²) in [5.41, 5.74) is 3.69. The van der Waals surface area contributed by atoms with Crippen molar-refractivity contribution in [1.82, 2.24) is 4.98 Å². The number of nitrogens with zero attached hydrogens (tertiary/aromatic N) is 1. The molecular formula is C19H18N2. The summed E-state index contributed by atoms with van der Waals surface area (Å²) in [6.07, 6.45) is 4.27. The lowest BCUT2D eigenvalue weighted by atomic mass is 9.76. The fraction of sp³-hybridized carbons (Fsp3) is 0.211. The SMILES string of the molecule is c1ccc(C2CC(Nc3cccc4cccnc34)C2)cc1. The monoisotopic (exact) mass is 274 g/mol. The molecule has 104 valence electrons. The van der Waals surface area contributed by atoms with E-state index in [9.17, 15) is 0 Å². The number of pyridine rings is 1. The Kier molecular flexibility index (Phi) is 3.07. The largest absolute Gasteiger partial charge is 0.381 e. The van der Waals surface area contributed by atoms with E-state index in [0.29, 0.717) is 12.0 Å². The molecule has 1 aliphatic carbocycles. The number of rotatable bonds is 3. The molecule has 1 fully saturated rings. The summed E-state index contributed by atoms with van der Waals surface area (Å²) in [7, 11) is 0. The van der Waals surface area contributed by atoms with Crippen molar-refractivity contribution < 1.29 is 0 Å². The first-order valence-electron chi connectivity index (χ1n) is 7.55. The Labute approximate surface area is 124 Å². The Bertz CT molecular complexity index is 740. The fourth-order valence-electron chi connectivity index (χ4n) is 3.17. The van der Waals surface area contributed by atoms with Gasteiger partial charge in [0.1, 0.15) is 0 Å². The first-order valence-corrected chi connectivity index (χ1v) is 7.55. The molecule has 1 saturated carbocycles. The van der Waals surface area contributed by atoms with Gasteiger partial charge in [-0.05, 0) is 36.5 Å². The third-order valence-electron chi connectivity index (χ3n) is 4.40. The first-order chi connectivity index (χ1) is 10.4. The molecule has 2 nitrogen and oxygen atoms in total. The number of para-hydroxylation sites is 1. The van der Waals surface area contributed by atoms with E-state index in [0.717, 1.165) is 11.2 Å². The predicted octanol–water partition coefficient (Wildman–Crippen LogP) is 4.59. The minimum atomic E-state index is 0.558. The Morgan fingerprint density at radius 1 is 0.857 bits per heavy atom. The van der Waals surface area contributed by atoms with Crippen molar-refractivity contribution in [2.24, 2.45) is 0 Å². The number of aromatic nitrogens is 1. The number of hydrogen-bond acceptors (Lipinski definition) is 2. The van der Waals surface area contributed by atoms with Gasteiger partial charge >= 0.3 is 0 Å². The standard InChI is InChI=1S/C19H18N2/c1-2-6-14(7-3-1)16-12-17(13-16)21-18-10-4-8-15-9-5-11-20-19(15)18/h1-11,16-17,21H,12-13H2. The van der Waals surface area contributed by atoms with E-state index in [4.69, 9.17) is 0 Å². The highest BCUT2D eigenvalue weighted by molar-refractivity contribution is 5.90. The summed E-state index contributed by atoms with van der Waals surface area (Å²) in [5, 5.41) is 4.85. The molecule has 1 heterocycles. The molecule has 0 atom stereocenters. The molecule has 0 aliphatic heterocycles. The van der Waals surface area contributed by atoms with E-state index in [2.05, 4.69) is 64.9 Å². The van der Waals surface area contributed by atoms with Gasteiger partial charge in [-0.15, -0.1) is 0 Å². The van der Waals surface area contributed by atoms with E-state index in [-0.39, 0.29) is 0 Å². The summed E-state index contributed by atoms with van der Waals surface area (Å²) < 4.78 is 0. The van der Waals surface area contributed by atoms with E-state index in [1.54, 1.807) is 0 Å². The smallest absolute Gasteiger partial charge is 0.0933 e. The molecule has 0 radical (unpaired) electrons. The van der Waals surface area contributed by atoms with Crippen LogP contribution in [0.2, 0.25) is 0 Å². The van der Waals surface area contributed by atoms with Crippen LogP contribution in [0.4, 0.5) is 5.69 Å². The number of fused-ring (bicyclic) bond motifs is 1. The molecule has 21 heavy (non-hydrogen) atoms. The fourth-order valence-corrected chi connectivity index (χ4v) is 3.17. The van der Waals surface area contributed by atoms with Crippen LogP contribution in [0.1, 0.15) is 24.3 Å². The molecule has 0 amide bonds. The first kappa shape index (κ1) is 12.4. The zero-order valence-corrected chi connectivity index (χ0v) is 11.9. The van der Waals surface area contributed by atoms with Crippen molar-refractivity contribution in [3.05, 3.63) is 72.4 Å². The molecule has 0 bridgehead atoms. The maximum absolute atomic E-state index is 4.51. The van der Waals surface area contributed by atoms with Crippen LogP contribution in [0.25, 0.3) is 10.9 Å². The minimum Gasteiger partial charge on any atom is -0.381 e. The van der Waals surface area contributed by atoms with Crippen LogP contribution in [0, 0.1) is 0 Å². The van der Waals surface area contributed by atoms with Crippen molar-refractivity contribution in [1.29, 1.82) is 0 Å². The molecule has 2 aromatic carbocycles. The average Bonchev–Trinajstić information content (AvgIpc) is 2.51. The van der Waals surface area contributed by atoms with Gasteiger partial charge in [0, 0.05) is 17.6 Å². The summed E-state index contributed by atoms with van der Waals surface area (Å²) in [6.45, 7) is 0. The highest BCUT2D eigenvalue weighted by Crippen LogP contribution is 2.39. The molecular weight excluding hydrogens is 256 g/mol. The van der Waals surface area contributed by atoms with Crippen LogP contribution in [-0.2, 0) is 0 Å². The van der Waals surface area contributed by atoms with Gasteiger partial charge in [-0.2, -0.15) is 0 Å². The van der Waals surface area contributed by atoms with Gasteiger partial charge in [0.15, 0.2) is 0 Å². The van der Waals surface area contributed by atoms with Crippen LogP contribution < -0.4 is 5.32 Å². The molecule has 4 rings (SSSR count). The zero-order valence-electron chi connectivity index (χ0n) is 11.9. The number of benzene rings is 2. The molecule has 0 saturated heterocycles.